The molecule has 0 unspecified atom stereocenters. The number of rotatable bonds is 9. The van der Waals surface area contributed by atoms with Crippen molar-refractivity contribution >= 4 is 57.4 Å². The average Bonchev–Trinajstić information content (AvgIpc) is 3.57. The number of aromatic nitrogens is 4. The molecular formula is C44H48F4N10O4S. The van der Waals surface area contributed by atoms with Crippen molar-refractivity contribution in [2.24, 2.45) is 12.5 Å². The number of carbonyl (C=O) groups is 2. The third-order valence-electron chi connectivity index (χ3n) is 12.7. The number of alkyl halides is 2. The Morgan fingerprint density at radius 2 is 1.79 bits per heavy atom. The maximum atomic E-state index is 14.9. The van der Waals surface area contributed by atoms with Gasteiger partial charge in [0.05, 0.1) is 35.0 Å². The molecule has 3 aromatic carbocycles. The lowest BCUT2D eigenvalue weighted by Crippen LogP contribution is -2.51. The standard InChI is InChI=1S/C32H37F3N6O2S.C12H11FN4O2/c1-3-39(2)44-38-28-8-6-26(33)29(25(28)18-36)43-23-5-7-27-24(15-23)30(42)41(20-37-27)22-16-31(17-22)12-9-21(10-13-31)40-14-4-11-32(34,35)19-40;1-16-9-3-2-7(13)6-8(9)11(15-16)17-5-4-10(18)14-12(17)19/h5-8,15,20-22,38H,3-4,9-14,16-17,19H2,1-2H3;2-3,6H,4-5H2,1H3,(H,14,18,19). The van der Waals surface area contributed by atoms with Crippen LogP contribution < -0.4 is 25.2 Å². The highest BCUT2D eigenvalue weighted by molar-refractivity contribution is 7.98. The molecule has 4 aliphatic rings. The van der Waals surface area contributed by atoms with E-state index in [-0.39, 0.29) is 72.0 Å². The van der Waals surface area contributed by atoms with Crippen LogP contribution in [-0.2, 0) is 11.8 Å². The number of nitriles is 1. The van der Waals surface area contributed by atoms with E-state index in [0.29, 0.717) is 34.2 Å². The first kappa shape index (κ1) is 43.9. The van der Waals surface area contributed by atoms with E-state index in [1.165, 1.54) is 41.3 Å². The number of ether oxygens (including phenoxy) is 1. The van der Waals surface area contributed by atoms with Crippen LogP contribution in [0.25, 0.3) is 21.8 Å². The number of benzene rings is 3. The van der Waals surface area contributed by atoms with E-state index in [4.69, 9.17) is 4.74 Å². The summed E-state index contributed by atoms with van der Waals surface area (Å²) in [5.41, 5.74) is 1.62. The van der Waals surface area contributed by atoms with Crippen molar-refractivity contribution in [2.45, 2.75) is 82.7 Å². The number of halogens is 4. The second kappa shape index (κ2) is 17.8. The molecule has 63 heavy (non-hydrogen) atoms. The van der Waals surface area contributed by atoms with Crippen molar-refractivity contribution in [2.75, 3.05) is 42.8 Å². The van der Waals surface area contributed by atoms with E-state index in [2.05, 4.69) is 20.1 Å². The molecule has 2 aliphatic heterocycles. The van der Waals surface area contributed by atoms with Crippen LogP contribution in [0.5, 0.6) is 11.5 Å². The highest BCUT2D eigenvalue weighted by atomic mass is 32.2. The van der Waals surface area contributed by atoms with Crippen LogP contribution in [0.4, 0.5) is 33.9 Å². The van der Waals surface area contributed by atoms with E-state index in [1.807, 2.05) is 29.2 Å². The number of piperidine rings is 1. The fourth-order valence-corrected chi connectivity index (χ4v) is 9.77. The Morgan fingerprint density at radius 3 is 2.51 bits per heavy atom. The number of amides is 3. The van der Waals surface area contributed by atoms with Gasteiger partial charge in [0, 0.05) is 62.6 Å². The van der Waals surface area contributed by atoms with Gasteiger partial charge in [-0.15, -0.1) is 0 Å². The molecule has 19 heteroatoms. The van der Waals surface area contributed by atoms with Gasteiger partial charge in [-0.1, -0.05) is 6.92 Å². The van der Waals surface area contributed by atoms with Crippen LogP contribution in [0.2, 0.25) is 0 Å². The number of aryl methyl sites for hydroxylation is 1. The number of hydrogen-bond donors (Lipinski definition) is 2. The van der Waals surface area contributed by atoms with Crippen LogP contribution in [0.3, 0.4) is 0 Å². The van der Waals surface area contributed by atoms with Crippen LogP contribution in [0.1, 0.15) is 76.3 Å². The molecule has 2 N–H and O–H groups in total. The minimum atomic E-state index is -2.58. The number of urea groups is 1. The molecule has 2 saturated heterocycles. The second-order valence-electron chi connectivity index (χ2n) is 16.9. The molecule has 3 amide bonds. The topological polar surface area (TPSA) is 154 Å². The van der Waals surface area contributed by atoms with Gasteiger partial charge in [-0.25, -0.2) is 31.6 Å². The molecule has 0 bridgehead atoms. The molecule has 2 aliphatic carbocycles. The molecule has 14 nitrogen and oxygen atoms in total. The summed E-state index contributed by atoms with van der Waals surface area (Å²) in [6, 6.07) is 13.6. The number of nitrogens with one attached hydrogen (secondary N) is 2. The number of nitrogens with zero attached hydrogens (tertiary/aromatic N) is 8. The second-order valence-corrected chi connectivity index (χ2v) is 17.9. The molecule has 5 aromatic rings. The lowest BCUT2D eigenvalue weighted by Gasteiger charge is -2.53. The van der Waals surface area contributed by atoms with Gasteiger partial charge >= 0.3 is 6.03 Å². The lowest BCUT2D eigenvalue weighted by molar-refractivity contribution is -0.120. The van der Waals surface area contributed by atoms with Gasteiger partial charge in [-0.2, -0.15) is 10.4 Å². The summed E-state index contributed by atoms with van der Waals surface area (Å²) < 4.78 is 70.3. The van der Waals surface area contributed by atoms with E-state index in [0.717, 1.165) is 57.1 Å². The third-order valence-corrected chi connectivity index (χ3v) is 13.6. The van der Waals surface area contributed by atoms with Crippen molar-refractivity contribution in [3.05, 3.63) is 82.4 Å². The largest absolute Gasteiger partial charge is 0.453 e. The molecular weight excluding hydrogens is 841 g/mol. The minimum Gasteiger partial charge on any atom is -0.453 e. The van der Waals surface area contributed by atoms with Gasteiger partial charge in [0.25, 0.3) is 11.5 Å². The average molecular weight is 889 g/mol. The van der Waals surface area contributed by atoms with Crippen molar-refractivity contribution in [3.63, 3.8) is 0 Å². The van der Waals surface area contributed by atoms with E-state index in [1.54, 1.807) is 46.9 Å². The number of likely N-dealkylation sites (tertiary alicyclic amines) is 1. The fraction of sp³-hybridized carbons (Fsp3) is 0.455. The van der Waals surface area contributed by atoms with Gasteiger partial charge in [0.15, 0.2) is 17.4 Å². The number of hydrogen-bond acceptors (Lipinski definition) is 11. The Bertz CT molecular complexity index is 2650. The van der Waals surface area contributed by atoms with E-state index in [9.17, 15) is 37.2 Å². The first-order chi connectivity index (χ1) is 30.2. The Morgan fingerprint density at radius 1 is 1.02 bits per heavy atom. The molecule has 4 heterocycles. The number of anilines is 2. The molecule has 2 saturated carbocycles. The summed E-state index contributed by atoms with van der Waals surface area (Å²) in [7, 11) is 3.60. The summed E-state index contributed by atoms with van der Waals surface area (Å²) in [6.45, 7) is 3.62. The first-order valence-electron chi connectivity index (χ1n) is 21.1. The smallest absolute Gasteiger partial charge is 0.329 e. The normalized spacial score (nSPS) is 22.4. The predicted octanol–water partition coefficient (Wildman–Crippen LogP) is 8.28. The number of carbonyl (C=O) groups excluding carboxylic acids is 2. The Labute approximate surface area is 365 Å². The molecule has 1 spiro atoms. The highest BCUT2D eigenvalue weighted by Crippen LogP contribution is 2.57. The van der Waals surface area contributed by atoms with Crippen LogP contribution in [-0.4, -0.2) is 85.7 Å². The van der Waals surface area contributed by atoms with Gasteiger partial charge in [-0.3, -0.25) is 34.0 Å². The first-order valence-corrected chi connectivity index (χ1v) is 21.8. The SMILES string of the molecule is CCN(C)SNc1ccc(F)c(Oc2ccc3ncn(C4CC5(CCC(N6CCCC(F)(F)C6)CC5)C4)c(=O)c3c2)c1C#N.Cn1nc(N2CCC(=O)NC2=O)c2cc(F)ccc21. The van der Waals surface area contributed by atoms with Crippen LogP contribution in [0, 0.1) is 28.4 Å². The summed E-state index contributed by atoms with van der Waals surface area (Å²) in [5.74, 6) is -3.60. The third kappa shape index (κ3) is 9.20. The van der Waals surface area contributed by atoms with Crippen molar-refractivity contribution in [1.82, 2.24) is 33.9 Å². The van der Waals surface area contributed by atoms with Crippen molar-refractivity contribution < 1.29 is 31.9 Å². The zero-order valence-electron chi connectivity index (χ0n) is 35.2. The minimum absolute atomic E-state index is 0.0111. The monoisotopic (exact) mass is 888 g/mol. The number of fused-ring (bicyclic) bond motifs is 2. The molecule has 0 radical (unpaired) electrons. The Hall–Kier alpha value is -5.71. The quantitative estimate of drug-likeness (QED) is 0.109. The van der Waals surface area contributed by atoms with Crippen LogP contribution in [0.15, 0.2) is 59.7 Å². The predicted molar refractivity (Wildman–Crippen MR) is 232 cm³/mol. The molecule has 4 fully saturated rings. The molecule has 332 valence electrons. The summed E-state index contributed by atoms with van der Waals surface area (Å²) in [6.07, 6.45) is 7.87. The fourth-order valence-electron chi connectivity index (χ4n) is 9.22. The lowest BCUT2D eigenvalue weighted by atomic mass is 9.57. The van der Waals surface area contributed by atoms with Gasteiger partial charge in [-0.05, 0) is 112 Å². The van der Waals surface area contributed by atoms with Crippen molar-refractivity contribution in [3.8, 4) is 17.6 Å². The molecule has 9 rings (SSSR count). The zero-order chi connectivity index (χ0) is 44.6. The number of imide groups is 1. The van der Waals surface area contributed by atoms with Gasteiger partial charge in [0.1, 0.15) is 23.2 Å². The molecule has 2 aromatic heterocycles. The maximum Gasteiger partial charge on any atom is 0.329 e. The van der Waals surface area contributed by atoms with E-state index >= 15 is 0 Å². The highest BCUT2D eigenvalue weighted by Gasteiger charge is 2.49. The Balaban J connectivity index is 0.000000238. The van der Waals surface area contributed by atoms with Crippen LogP contribution >= 0.6 is 12.1 Å². The van der Waals surface area contributed by atoms with Crippen molar-refractivity contribution in [1.29, 1.82) is 5.26 Å². The van der Waals surface area contributed by atoms with E-state index < -0.39 is 23.6 Å². The zero-order valence-corrected chi connectivity index (χ0v) is 36.0. The summed E-state index contributed by atoms with van der Waals surface area (Å²) in [4.78, 5) is 44.4. The summed E-state index contributed by atoms with van der Waals surface area (Å²) in [5, 5.41) is 17.2. The molecule has 0 atom stereocenters. The van der Waals surface area contributed by atoms with Gasteiger partial charge < -0.3 is 9.46 Å². The Kier molecular flexibility index (Phi) is 12.4. The summed E-state index contributed by atoms with van der Waals surface area (Å²) >= 11 is 1.28. The maximum absolute atomic E-state index is 14.9. The van der Waals surface area contributed by atoms with Gasteiger partial charge in [0.2, 0.25) is 5.91 Å².